The van der Waals surface area contributed by atoms with Crippen molar-refractivity contribution in [3.8, 4) is 11.5 Å². The molecule has 2 aromatic carbocycles. The maximum absolute atomic E-state index is 6.71. The first-order valence-corrected chi connectivity index (χ1v) is 10.1. The van der Waals surface area contributed by atoms with Crippen molar-refractivity contribution in [2.24, 2.45) is 0 Å². The van der Waals surface area contributed by atoms with Crippen LogP contribution in [0.2, 0.25) is 10.0 Å². The van der Waals surface area contributed by atoms with Gasteiger partial charge in [-0.3, -0.25) is 0 Å². The molecule has 0 aliphatic rings. The van der Waals surface area contributed by atoms with Crippen LogP contribution in [-0.4, -0.2) is 21.4 Å². The zero-order chi connectivity index (χ0) is 20.7. The van der Waals surface area contributed by atoms with E-state index < -0.39 is 5.60 Å². The second kappa shape index (κ2) is 9.92. The molecule has 0 radical (unpaired) electrons. The summed E-state index contributed by atoms with van der Waals surface area (Å²) in [6.07, 6.45) is 6.59. The SMILES string of the molecule is C=CCOC(CCC)(Cn1cncn1)c1ccc(Oc2ccc(Cl)cc2)cc1Cl. The van der Waals surface area contributed by atoms with Crippen molar-refractivity contribution in [1.82, 2.24) is 14.8 Å². The van der Waals surface area contributed by atoms with Crippen molar-refractivity contribution in [3.05, 3.63) is 83.4 Å². The highest BCUT2D eigenvalue weighted by Crippen LogP contribution is 2.39. The zero-order valence-corrected chi connectivity index (χ0v) is 17.7. The van der Waals surface area contributed by atoms with E-state index in [9.17, 15) is 0 Å². The number of halogens is 2. The number of rotatable bonds is 10. The Hall–Kier alpha value is -2.34. The van der Waals surface area contributed by atoms with E-state index in [0.717, 1.165) is 18.4 Å². The maximum Gasteiger partial charge on any atom is 0.137 e. The minimum atomic E-state index is -0.660. The summed E-state index contributed by atoms with van der Waals surface area (Å²) in [4.78, 5) is 4.04. The van der Waals surface area contributed by atoms with E-state index in [2.05, 4.69) is 23.6 Å². The second-order valence-corrected chi connectivity index (χ2v) is 7.48. The highest BCUT2D eigenvalue weighted by molar-refractivity contribution is 6.31. The van der Waals surface area contributed by atoms with Gasteiger partial charge in [-0.2, -0.15) is 5.10 Å². The fourth-order valence-electron chi connectivity index (χ4n) is 3.26. The maximum atomic E-state index is 6.71. The summed E-state index contributed by atoms with van der Waals surface area (Å²) in [6, 6.07) is 12.8. The number of nitrogens with zero attached hydrogens (tertiary/aromatic N) is 3. The van der Waals surface area contributed by atoms with Crippen molar-refractivity contribution in [1.29, 1.82) is 0 Å². The summed E-state index contributed by atoms with van der Waals surface area (Å²) in [5.41, 5.74) is 0.216. The summed E-state index contributed by atoms with van der Waals surface area (Å²) in [6.45, 7) is 6.78. The molecule has 1 aromatic heterocycles. The molecule has 3 rings (SSSR count). The fourth-order valence-corrected chi connectivity index (χ4v) is 3.73. The second-order valence-electron chi connectivity index (χ2n) is 6.63. The number of hydrogen-bond acceptors (Lipinski definition) is 4. The lowest BCUT2D eigenvalue weighted by molar-refractivity contribution is -0.0588. The summed E-state index contributed by atoms with van der Waals surface area (Å²) >= 11 is 12.6. The first-order valence-electron chi connectivity index (χ1n) is 9.37. The van der Waals surface area contributed by atoms with E-state index in [-0.39, 0.29) is 0 Å². The standard InChI is InChI=1S/C22H23Cl2N3O2/c1-3-11-22(28-12-4-2,14-27-16-25-15-26-27)20-10-9-19(13-21(20)24)29-18-7-5-17(23)6-8-18/h4-10,13,15-16H,2-3,11-12,14H2,1H3. The quantitative estimate of drug-likeness (QED) is 0.354. The van der Waals surface area contributed by atoms with Crippen LogP contribution >= 0.6 is 23.2 Å². The summed E-state index contributed by atoms with van der Waals surface area (Å²) in [5, 5.41) is 5.47. The average Bonchev–Trinajstić information content (AvgIpc) is 3.21. The van der Waals surface area contributed by atoms with Gasteiger partial charge < -0.3 is 9.47 Å². The van der Waals surface area contributed by atoms with Crippen LogP contribution in [0.15, 0.2) is 67.8 Å². The van der Waals surface area contributed by atoms with Crippen LogP contribution in [0.4, 0.5) is 0 Å². The van der Waals surface area contributed by atoms with Crippen LogP contribution in [-0.2, 0) is 16.9 Å². The van der Waals surface area contributed by atoms with E-state index in [0.29, 0.717) is 34.7 Å². The van der Waals surface area contributed by atoms with E-state index in [4.69, 9.17) is 32.7 Å². The molecular weight excluding hydrogens is 409 g/mol. The molecule has 0 saturated carbocycles. The molecule has 0 aliphatic carbocycles. The molecule has 0 spiro atoms. The van der Waals surface area contributed by atoms with Crippen molar-refractivity contribution < 1.29 is 9.47 Å². The predicted octanol–water partition coefficient (Wildman–Crippen LogP) is 6.28. The monoisotopic (exact) mass is 431 g/mol. The molecule has 0 saturated heterocycles. The van der Waals surface area contributed by atoms with Gasteiger partial charge >= 0.3 is 0 Å². The normalized spacial score (nSPS) is 13.1. The molecule has 0 amide bonds. The van der Waals surface area contributed by atoms with Gasteiger partial charge in [0.2, 0.25) is 0 Å². The Bertz CT molecular complexity index is 930. The summed E-state index contributed by atoms with van der Waals surface area (Å²) in [5.74, 6) is 1.32. The molecule has 29 heavy (non-hydrogen) atoms. The van der Waals surface area contributed by atoms with Crippen LogP contribution in [0.5, 0.6) is 11.5 Å². The lowest BCUT2D eigenvalue weighted by atomic mass is 9.88. The van der Waals surface area contributed by atoms with Crippen molar-refractivity contribution in [2.45, 2.75) is 31.9 Å². The Kier molecular flexibility index (Phi) is 7.31. The van der Waals surface area contributed by atoms with Gasteiger partial charge in [0, 0.05) is 10.6 Å². The highest BCUT2D eigenvalue weighted by atomic mass is 35.5. The fraction of sp³-hybridized carbons (Fsp3) is 0.273. The average molecular weight is 432 g/mol. The molecule has 3 aromatic rings. The van der Waals surface area contributed by atoms with E-state index in [1.165, 1.54) is 6.33 Å². The van der Waals surface area contributed by atoms with E-state index in [1.807, 2.05) is 24.3 Å². The molecule has 0 bridgehead atoms. The number of hydrogen-bond donors (Lipinski definition) is 0. The minimum absolute atomic E-state index is 0.397. The lowest BCUT2D eigenvalue weighted by Gasteiger charge is -2.34. The van der Waals surface area contributed by atoms with Gasteiger partial charge in [-0.05, 0) is 42.8 Å². The van der Waals surface area contributed by atoms with E-state index in [1.54, 1.807) is 35.3 Å². The van der Waals surface area contributed by atoms with Gasteiger partial charge in [0.05, 0.1) is 18.2 Å². The van der Waals surface area contributed by atoms with Crippen LogP contribution in [0.3, 0.4) is 0 Å². The van der Waals surface area contributed by atoms with Crippen molar-refractivity contribution in [2.75, 3.05) is 6.61 Å². The third kappa shape index (κ3) is 5.38. The van der Waals surface area contributed by atoms with Gasteiger partial charge in [0.25, 0.3) is 0 Å². The molecule has 1 unspecified atom stereocenters. The molecule has 0 aliphatic heterocycles. The first-order chi connectivity index (χ1) is 14.1. The predicted molar refractivity (Wildman–Crippen MR) is 116 cm³/mol. The Morgan fingerprint density at radius 1 is 1.14 bits per heavy atom. The number of benzene rings is 2. The number of aromatic nitrogens is 3. The first kappa shape index (κ1) is 21.4. The Labute approximate surface area is 180 Å². The summed E-state index contributed by atoms with van der Waals surface area (Å²) < 4.78 is 13.9. The van der Waals surface area contributed by atoms with Crippen LogP contribution in [0.1, 0.15) is 25.3 Å². The largest absolute Gasteiger partial charge is 0.457 e. The smallest absolute Gasteiger partial charge is 0.137 e. The Balaban J connectivity index is 1.93. The molecule has 0 N–H and O–H groups in total. The van der Waals surface area contributed by atoms with Gasteiger partial charge in [0.1, 0.15) is 29.8 Å². The Morgan fingerprint density at radius 3 is 2.52 bits per heavy atom. The molecule has 152 valence electrons. The molecule has 0 fully saturated rings. The van der Waals surface area contributed by atoms with Crippen LogP contribution in [0, 0.1) is 0 Å². The van der Waals surface area contributed by atoms with Crippen LogP contribution in [0.25, 0.3) is 0 Å². The highest BCUT2D eigenvalue weighted by Gasteiger charge is 2.35. The third-order valence-electron chi connectivity index (χ3n) is 4.50. The van der Waals surface area contributed by atoms with Crippen molar-refractivity contribution in [3.63, 3.8) is 0 Å². The van der Waals surface area contributed by atoms with E-state index >= 15 is 0 Å². The van der Waals surface area contributed by atoms with Gasteiger partial charge in [-0.15, -0.1) is 6.58 Å². The molecule has 7 heteroatoms. The van der Waals surface area contributed by atoms with Crippen LogP contribution < -0.4 is 4.74 Å². The Morgan fingerprint density at radius 2 is 1.90 bits per heavy atom. The van der Waals surface area contributed by atoms with Gasteiger partial charge in [0.15, 0.2) is 0 Å². The third-order valence-corrected chi connectivity index (χ3v) is 5.06. The molecule has 5 nitrogen and oxygen atoms in total. The topological polar surface area (TPSA) is 49.2 Å². The molecular formula is C22H23Cl2N3O2. The molecule has 1 atom stereocenters. The van der Waals surface area contributed by atoms with Gasteiger partial charge in [-0.25, -0.2) is 9.67 Å². The summed E-state index contributed by atoms with van der Waals surface area (Å²) in [7, 11) is 0. The zero-order valence-electron chi connectivity index (χ0n) is 16.2. The molecule has 1 heterocycles. The van der Waals surface area contributed by atoms with Crippen molar-refractivity contribution >= 4 is 23.2 Å². The lowest BCUT2D eigenvalue weighted by Crippen LogP contribution is -2.35. The number of ether oxygens (including phenoxy) is 2. The van der Waals surface area contributed by atoms with Gasteiger partial charge in [-0.1, -0.05) is 48.7 Å². The minimum Gasteiger partial charge on any atom is -0.457 e.